The van der Waals surface area contributed by atoms with Crippen molar-refractivity contribution in [2.45, 2.75) is 30.4 Å². The van der Waals surface area contributed by atoms with E-state index in [0.29, 0.717) is 14.7 Å². The Morgan fingerprint density at radius 3 is 2.74 bits per heavy atom. The second-order valence-corrected chi connectivity index (χ2v) is 11.6. The van der Waals surface area contributed by atoms with E-state index in [0.717, 1.165) is 24.2 Å². The SMILES string of the molecule is Nc1nc(/C(=N\OC2CC2)C(=O)N[C@@H]2C(=O)N3C(C(=O)O)=C(C=C(Br)Br)CS[C@H]23)cs1. The maximum atomic E-state index is 12.9. The molecule has 1 aliphatic carbocycles. The van der Waals surface area contributed by atoms with Crippen LogP contribution in [-0.2, 0) is 19.2 Å². The van der Waals surface area contributed by atoms with Gasteiger partial charge in [0, 0.05) is 11.1 Å². The van der Waals surface area contributed by atoms with Gasteiger partial charge < -0.3 is 21.0 Å². The monoisotopic (exact) mass is 591 g/mol. The maximum absolute atomic E-state index is 12.9. The first-order valence-corrected chi connectivity index (χ1v) is 12.5. The van der Waals surface area contributed by atoms with Crippen LogP contribution in [0.3, 0.4) is 0 Å². The number of nitrogens with one attached hydrogen (secondary N) is 1. The summed E-state index contributed by atoms with van der Waals surface area (Å²) in [5.41, 5.74) is 6.22. The number of fused-ring (bicyclic) bond motifs is 1. The average molecular weight is 593 g/mol. The molecular weight excluding hydrogens is 578 g/mol. The van der Waals surface area contributed by atoms with Gasteiger partial charge in [-0.25, -0.2) is 9.78 Å². The second-order valence-electron chi connectivity index (χ2n) is 6.79. The summed E-state index contributed by atoms with van der Waals surface area (Å²) in [6.45, 7) is 0. The van der Waals surface area contributed by atoms with E-state index in [-0.39, 0.29) is 28.3 Å². The lowest BCUT2D eigenvalue weighted by molar-refractivity contribution is -0.150. The van der Waals surface area contributed by atoms with Crippen LogP contribution >= 0.6 is 55.0 Å². The maximum Gasteiger partial charge on any atom is 0.352 e. The largest absolute Gasteiger partial charge is 0.477 e. The molecule has 1 aromatic rings. The van der Waals surface area contributed by atoms with E-state index in [4.69, 9.17) is 10.6 Å². The Kier molecular flexibility index (Phi) is 6.42. The number of carbonyl (C=O) groups is 3. The second kappa shape index (κ2) is 8.92. The van der Waals surface area contributed by atoms with Crippen molar-refractivity contribution in [3.05, 3.63) is 31.8 Å². The molecule has 14 heteroatoms. The highest BCUT2D eigenvalue weighted by Crippen LogP contribution is 2.41. The van der Waals surface area contributed by atoms with Gasteiger partial charge in [0.1, 0.15) is 28.9 Å². The highest BCUT2D eigenvalue weighted by Gasteiger charge is 2.54. The summed E-state index contributed by atoms with van der Waals surface area (Å²) >= 11 is 8.93. The Bertz CT molecular complexity index is 1050. The summed E-state index contributed by atoms with van der Waals surface area (Å²) in [7, 11) is 0. The van der Waals surface area contributed by atoms with Gasteiger partial charge in [-0.3, -0.25) is 14.5 Å². The number of thiazole rings is 1. The molecule has 0 spiro atoms. The third kappa shape index (κ3) is 4.66. The Balaban J connectivity index is 1.54. The number of β-lactam (4-membered cyclic amide) rings is 1. The van der Waals surface area contributed by atoms with E-state index in [9.17, 15) is 19.5 Å². The molecule has 2 amide bonds. The molecule has 1 saturated carbocycles. The van der Waals surface area contributed by atoms with Crippen LogP contribution in [0.15, 0.2) is 31.3 Å². The number of aliphatic carboxylic acids is 1. The first kappa shape index (κ1) is 22.3. The number of aromatic nitrogens is 1. The number of nitrogens with two attached hydrogens (primary N) is 1. The van der Waals surface area contributed by atoms with Gasteiger partial charge in [-0.1, -0.05) is 5.16 Å². The number of rotatable bonds is 7. The molecule has 4 N–H and O–H groups in total. The molecule has 1 aromatic heterocycles. The number of carboxylic acids is 1. The van der Waals surface area contributed by atoms with Crippen molar-refractivity contribution in [3.63, 3.8) is 0 Å². The normalized spacial score (nSPS) is 23.1. The smallest absolute Gasteiger partial charge is 0.352 e. The van der Waals surface area contributed by atoms with Gasteiger partial charge in [0.15, 0.2) is 10.8 Å². The van der Waals surface area contributed by atoms with E-state index >= 15 is 0 Å². The minimum atomic E-state index is -1.21. The number of anilines is 1. The van der Waals surface area contributed by atoms with Gasteiger partial charge in [0.2, 0.25) is 0 Å². The minimum Gasteiger partial charge on any atom is -0.477 e. The standard InChI is InChI=1S/C17H15Br2N5O5S2/c18-9(19)3-6-4-30-15-11(14(26)24(15)12(6)16(27)28)22-13(25)10(23-29-7-1-2-7)8-5-31-17(20)21-8/h3,5,7,11,15H,1-2,4H2,(H2,20,21)(H,22,25)(H,27,28)/b23-10+/t11-,15-/m1/s1. The molecule has 0 unspecified atom stereocenters. The topological polar surface area (TPSA) is 147 Å². The zero-order chi connectivity index (χ0) is 22.3. The lowest BCUT2D eigenvalue weighted by Gasteiger charge is -2.49. The molecular formula is C17H15Br2N5O5S2. The number of allylic oxidation sites excluding steroid dienone is 1. The predicted octanol–water partition coefficient (Wildman–Crippen LogP) is 1.98. The lowest BCUT2D eigenvalue weighted by atomic mass is 10.0. The molecule has 2 aliphatic heterocycles. The molecule has 3 heterocycles. The summed E-state index contributed by atoms with van der Waals surface area (Å²) in [6.07, 6.45) is 3.28. The van der Waals surface area contributed by atoms with Gasteiger partial charge in [-0.2, -0.15) is 0 Å². The van der Waals surface area contributed by atoms with Gasteiger partial charge >= 0.3 is 5.97 Å². The highest BCUT2D eigenvalue weighted by molar-refractivity contribution is 9.28. The van der Waals surface area contributed by atoms with Crippen molar-refractivity contribution < 1.29 is 24.3 Å². The number of hydrogen-bond acceptors (Lipinski definition) is 9. The van der Waals surface area contributed by atoms with Gasteiger partial charge in [-0.05, 0) is 56.4 Å². The Morgan fingerprint density at radius 2 is 2.16 bits per heavy atom. The number of amides is 2. The van der Waals surface area contributed by atoms with Crippen molar-refractivity contribution in [2.24, 2.45) is 5.16 Å². The van der Waals surface area contributed by atoms with Gasteiger partial charge in [0.25, 0.3) is 11.8 Å². The van der Waals surface area contributed by atoms with E-state index < -0.39 is 29.2 Å². The molecule has 2 fully saturated rings. The number of halogens is 2. The number of nitrogen functional groups attached to an aromatic ring is 1. The summed E-state index contributed by atoms with van der Waals surface area (Å²) in [5, 5.41) is 17.5. The van der Waals surface area contributed by atoms with Gasteiger partial charge in [0.05, 0.1) is 3.39 Å². The quantitative estimate of drug-likeness (QED) is 0.247. The Morgan fingerprint density at radius 1 is 1.42 bits per heavy atom. The lowest BCUT2D eigenvalue weighted by Crippen LogP contribution is -2.71. The van der Waals surface area contributed by atoms with Crippen LogP contribution < -0.4 is 11.1 Å². The molecule has 0 radical (unpaired) electrons. The summed E-state index contributed by atoms with van der Waals surface area (Å²) < 4.78 is 0.560. The zero-order valence-corrected chi connectivity index (χ0v) is 20.4. The van der Waals surface area contributed by atoms with Crippen molar-refractivity contribution in [1.82, 2.24) is 15.2 Å². The third-order valence-electron chi connectivity index (χ3n) is 4.57. The first-order valence-electron chi connectivity index (χ1n) is 8.96. The van der Waals surface area contributed by atoms with Crippen molar-refractivity contribution in [2.75, 3.05) is 11.5 Å². The fourth-order valence-electron chi connectivity index (χ4n) is 3.00. The molecule has 4 rings (SSSR count). The van der Waals surface area contributed by atoms with E-state index in [2.05, 4.69) is 47.3 Å². The number of thioether (sulfide) groups is 1. The Labute approximate surface area is 201 Å². The number of carboxylic acid groups (broad SMARTS) is 1. The van der Waals surface area contributed by atoms with Crippen molar-refractivity contribution >= 4 is 83.6 Å². The van der Waals surface area contributed by atoms with E-state index in [1.807, 2.05) is 0 Å². The average Bonchev–Trinajstić information content (AvgIpc) is 3.44. The van der Waals surface area contributed by atoms with Crippen LogP contribution in [0.1, 0.15) is 18.5 Å². The van der Waals surface area contributed by atoms with E-state index in [1.165, 1.54) is 16.7 Å². The van der Waals surface area contributed by atoms with Crippen LogP contribution in [0.4, 0.5) is 5.13 Å². The molecule has 10 nitrogen and oxygen atoms in total. The van der Waals surface area contributed by atoms with Crippen LogP contribution in [-0.4, -0.2) is 61.8 Å². The highest BCUT2D eigenvalue weighted by atomic mass is 79.9. The molecule has 1 saturated heterocycles. The molecule has 31 heavy (non-hydrogen) atoms. The number of hydrogen-bond donors (Lipinski definition) is 3. The fraction of sp³-hybridized carbons (Fsp3) is 0.353. The fourth-order valence-corrected chi connectivity index (χ4v) is 5.40. The summed E-state index contributed by atoms with van der Waals surface area (Å²) in [4.78, 5) is 48.1. The van der Waals surface area contributed by atoms with Crippen LogP contribution in [0.2, 0.25) is 0 Å². The van der Waals surface area contributed by atoms with Crippen LogP contribution in [0, 0.1) is 0 Å². The number of oxime groups is 1. The molecule has 0 bridgehead atoms. The van der Waals surface area contributed by atoms with Crippen molar-refractivity contribution in [3.8, 4) is 0 Å². The Hall–Kier alpha value is -1.90. The summed E-state index contributed by atoms with van der Waals surface area (Å²) in [5.74, 6) is -2.01. The number of nitrogens with zero attached hydrogens (tertiary/aromatic N) is 3. The predicted molar refractivity (Wildman–Crippen MR) is 123 cm³/mol. The minimum absolute atomic E-state index is 0.0306. The number of carbonyl (C=O) groups excluding carboxylic acids is 2. The molecule has 3 aliphatic rings. The zero-order valence-electron chi connectivity index (χ0n) is 15.6. The van der Waals surface area contributed by atoms with Crippen LogP contribution in [0.25, 0.3) is 0 Å². The molecule has 164 valence electrons. The molecule has 0 aromatic carbocycles. The van der Waals surface area contributed by atoms with Crippen LogP contribution in [0.5, 0.6) is 0 Å². The summed E-state index contributed by atoms with van der Waals surface area (Å²) in [6, 6.07) is -0.896. The third-order valence-corrected chi connectivity index (χ3v) is 7.00. The first-order chi connectivity index (χ1) is 14.8. The molecule has 2 atom stereocenters. The van der Waals surface area contributed by atoms with E-state index in [1.54, 1.807) is 11.5 Å². The van der Waals surface area contributed by atoms with Crippen molar-refractivity contribution in [1.29, 1.82) is 0 Å². The van der Waals surface area contributed by atoms with Gasteiger partial charge in [-0.15, -0.1) is 23.1 Å².